The normalized spacial score (nSPS) is 11.2. The van der Waals surface area contributed by atoms with E-state index in [1.54, 1.807) is 48.5 Å². The fourth-order valence-corrected chi connectivity index (χ4v) is 2.18. The van der Waals surface area contributed by atoms with E-state index in [1.807, 2.05) is 0 Å². The molecule has 0 aromatic heterocycles. The predicted molar refractivity (Wildman–Crippen MR) is 88.7 cm³/mol. The van der Waals surface area contributed by atoms with Crippen LogP contribution in [0.3, 0.4) is 0 Å². The topological polar surface area (TPSA) is 102 Å². The number of ether oxygens (including phenoxy) is 2. The van der Waals surface area contributed by atoms with E-state index in [0.29, 0.717) is 29.1 Å². The summed E-state index contributed by atoms with van der Waals surface area (Å²) >= 11 is 0. The fourth-order valence-electron chi connectivity index (χ4n) is 2.18. The molecule has 2 rings (SSSR count). The molecular formula is C18H17NO6. The molecule has 1 atom stereocenters. The molecule has 2 N–H and O–H groups in total. The van der Waals surface area contributed by atoms with Gasteiger partial charge in [0.25, 0.3) is 12.4 Å². The third-order valence-electron chi connectivity index (χ3n) is 3.50. The number of rotatable bonds is 8. The van der Waals surface area contributed by atoms with Crippen molar-refractivity contribution in [3.63, 3.8) is 0 Å². The van der Waals surface area contributed by atoms with Gasteiger partial charge in [-0.05, 0) is 42.0 Å². The Hall–Kier alpha value is -3.35. The van der Waals surface area contributed by atoms with Gasteiger partial charge in [0.2, 0.25) is 0 Å². The van der Waals surface area contributed by atoms with Crippen LogP contribution < -0.4 is 14.8 Å². The summed E-state index contributed by atoms with van der Waals surface area (Å²) in [4.78, 5) is 33.9. The Labute approximate surface area is 144 Å². The van der Waals surface area contributed by atoms with Crippen LogP contribution in [0.1, 0.15) is 15.9 Å². The number of hydrogen-bond acceptors (Lipinski definition) is 5. The highest BCUT2D eigenvalue weighted by molar-refractivity contribution is 5.96. The van der Waals surface area contributed by atoms with E-state index in [2.05, 4.69) is 10.1 Å². The highest BCUT2D eigenvalue weighted by Gasteiger charge is 2.21. The van der Waals surface area contributed by atoms with Crippen molar-refractivity contribution in [2.45, 2.75) is 12.5 Å². The minimum atomic E-state index is -1.14. The first-order valence-corrected chi connectivity index (χ1v) is 7.40. The molecule has 25 heavy (non-hydrogen) atoms. The lowest BCUT2D eigenvalue weighted by Gasteiger charge is -2.15. The molecule has 0 spiro atoms. The molecular weight excluding hydrogens is 326 g/mol. The molecule has 2 aromatic rings. The SMILES string of the molecule is COc1ccc(C(=O)NC(Cc2ccc(OC=O)cc2)C(=O)O)cc1. The second kappa shape index (κ2) is 8.49. The maximum absolute atomic E-state index is 12.2. The second-order valence-electron chi connectivity index (χ2n) is 5.15. The van der Waals surface area contributed by atoms with Gasteiger partial charge in [0.05, 0.1) is 7.11 Å². The standard InChI is InChI=1S/C18H17NO6/c1-24-14-8-4-13(5-9-14)17(21)19-16(18(22)23)10-12-2-6-15(7-3-12)25-11-20/h2-9,11,16H,10H2,1H3,(H,19,21)(H,22,23). The number of carboxylic acids is 1. The number of carbonyl (C=O) groups is 3. The lowest BCUT2D eigenvalue weighted by molar-refractivity contribution is -0.139. The first-order chi connectivity index (χ1) is 12.0. The molecule has 7 nitrogen and oxygen atoms in total. The molecule has 0 aliphatic carbocycles. The zero-order valence-corrected chi connectivity index (χ0v) is 13.5. The van der Waals surface area contributed by atoms with Crippen LogP contribution in [0.5, 0.6) is 11.5 Å². The average Bonchev–Trinajstić information content (AvgIpc) is 2.62. The second-order valence-corrected chi connectivity index (χ2v) is 5.15. The van der Waals surface area contributed by atoms with Crippen LogP contribution >= 0.6 is 0 Å². The van der Waals surface area contributed by atoms with E-state index in [-0.39, 0.29) is 6.42 Å². The zero-order chi connectivity index (χ0) is 18.2. The van der Waals surface area contributed by atoms with Gasteiger partial charge in [-0.15, -0.1) is 0 Å². The molecule has 0 radical (unpaired) electrons. The lowest BCUT2D eigenvalue weighted by atomic mass is 10.1. The lowest BCUT2D eigenvalue weighted by Crippen LogP contribution is -2.42. The highest BCUT2D eigenvalue weighted by Crippen LogP contribution is 2.14. The first-order valence-electron chi connectivity index (χ1n) is 7.40. The quantitative estimate of drug-likeness (QED) is 0.707. The van der Waals surface area contributed by atoms with Gasteiger partial charge >= 0.3 is 5.97 Å². The number of benzene rings is 2. The summed E-state index contributed by atoms with van der Waals surface area (Å²) in [5.41, 5.74) is 1.02. The summed E-state index contributed by atoms with van der Waals surface area (Å²) < 4.78 is 9.69. The molecule has 7 heteroatoms. The van der Waals surface area contributed by atoms with Gasteiger partial charge in [-0.2, -0.15) is 0 Å². The Bertz CT molecular complexity index is 739. The van der Waals surface area contributed by atoms with Crippen molar-refractivity contribution >= 4 is 18.3 Å². The summed E-state index contributed by atoms with van der Waals surface area (Å²) in [6.07, 6.45) is 0.0958. The van der Waals surface area contributed by atoms with E-state index >= 15 is 0 Å². The number of aliphatic carboxylic acids is 1. The third-order valence-corrected chi connectivity index (χ3v) is 3.50. The smallest absolute Gasteiger partial charge is 0.326 e. The average molecular weight is 343 g/mol. The van der Waals surface area contributed by atoms with Crippen molar-refractivity contribution in [2.75, 3.05) is 7.11 Å². The molecule has 0 fully saturated rings. The monoisotopic (exact) mass is 343 g/mol. The number of hydrogen-bond donors (Lipinski definition) is 2. The fraction of sp³-hybridized carbons (Fsp3) is 0.167. The van der Waals surface area contributed by atoms with E-state index in [4.69, 9.17) is 4.74 Å². The van der Waals surface area contributed by atoms with Gasteiger partial charge in [0.1, 0.15) is 17.5 Å². The highest BCUT2D eigenvalue weighted by atomic mass is 16.5. The molecule has 0 bridgehead atoms. The molecule has 0 heterocycles. The Morgan fingerprint density at radius 2 is 1.68 bits per heavy atom. The van der Waals surface area contributed by atoms with Gasteiger partial charge in [0, 0.05) is 12.0 Å². The minimum Gasteiger partial charge on any atom is -0.497 e. The van der Waals surface area contributed by atoms with Crippen molar-refractivity contribution in [1.82, 2.24) is 5.32 Å². The molecule has 0 saturated heterocycles. The summed E-state index contributed by atoms with van der Waals surface area (Å²) in [7, 11) is 1.51. The van der Waals surface area contributed by atoms with Crippen molar-refractivity contribution in [2.24, 2.45) is 0 Å². The summed E-state index contributed by atoms with van der Waals surface area (Å²) in [6, 6.07) is 11.6. The molecule has 0 aliphatic rings. The third kappa shape index (κ3) is 5.07. The van der Waals surface area contributed by atoms with E-state index in [9.17, 15) is 19.5 Å². The number of carbonyl (C=O) groups excluding carboxylic acids is 2. The Morgan fingerprint density at radius 1 is 1.08 bits per heavy atom. The van der Waals surface area contributed by atoms with Crippen LogP contribution in [0, 0.1) is 0 Å². The van der Waals surface area contributed by atoms with Gasteiger partial charge < -0.3 is 19.9 Å². The first kappa shape index (κ1) is 18.0. The maximum atomic E-state index is 12.2. The van der Waals surface area contributed by atoms with E-state index in [1.165, 1.54) is 7.11 Å². The molecule has 130 valence electrons. The van der Waals surface area contributed by atoms with Crippen LogP contribution in [-0.4, -0.2) is 36.6 Å². The number of nitrogens with one attached hydrogen (secondary N) is 1. The molecule has 2 aromatic carbocycles. The largest absolute Gasteiger partial charge is 0.497 e. The number of amides is 1. The molecule has 0 saturated carbocycles. The predicted octanol–water partition coefficient (Wildman–Crippen LogP) is 1.66. The van der Waals surface area contributed by atoms with Gasteiger partial charge in [0.15, 0.2) is 0 Å². The van der Waals surface area contributed by atoms with E-state index in [0.717, 1.165) is 0 Å². The number of methoxy groups -OCH3 is 1. The number of carboxylic acid groups (broad SMARTS) is 1. The summed E-state index contributed by atoms with van der Waals surface area (Å²) in [5, 5.41) is 11.8. The van der Waals surface area contributed by atoms with Gasteiger partial charge in [-0.3, -0.25) is 9.59 Å². The van der Waals surface area contributed by atoms with Crippen LogP contribution in [0.2, 0.25) is 0 Å². The van der Waals surface area contributed by atoms with Crippen molar-refractivity contribution < 1.29 is 29.0 Å². The molecule has 0 aliphatic heterocycles. The summed E-state index contributed by atoms with van der Waals surface area (Å²) in [6.45, 7) is 0.310. The minimum absolute atomic E-state index is 0.0958. The van der Waals surface area contributed by atoms with Crippen LogP contribution in [0.25, 0.3) is 0 Å². The van der Waals surface area contributed by atoms with Crippen molar-refractivity contribution in [3.05, 3.63) is 59.7 Å². The van der Waals surface area contributed by atoms with Gasteiger partial charge in [-0.25, -0.2) is 4.79 Å². The Balaban J connectivity index is 2.05. The summed E-state index contributed by atoms with van der Waals surface area (Å²) in [5.74, 6) is -0.678. The van der Waals surface area contributed by atoms with E-state index < -0.39 is 17.9 Å². The van der Waals surface area contributed by atoms with Crippen LogP contribution in [0.4, 0.5) is 0 Å². The van der Waals surface area contributed by atoms with Crippen LogP contribution in [0.15, 0.2) is 48.5 Å². The van der Waals surface area contributed by atoms with Crippen LogP contribution in [-0.2, 0) is 16.0 Å². The Kier molecular flexibility index (Phi) is 6.11. The van der Waals surface area contributed by atoms with Crippen molar-refractivity contribution in [1.29, 1.82) is 0 Å². The molecule has 1 amide bonds. The zero-order valence-electron chi connectivity index (χ0n) is 13.5. The molecule has 1 unspecified atom stereocenters. The Morgan fingerprint density at radius 3 is 2.20 bits per heavy atom. The van der Waals surface area contributed by atoms with Crippen molar-refractivity contribution in [3.8, 4) is 11.5 Å². The maximum Gasteiger partial charge on any atom is 0.326 e. The van der Waals surface area contributed by atoms with Gasteiger partial charge in [-0.1, -0.05) is 12.1 Å².